The summed E-state index contributed by atoms with van der Waals surface area (Å²) < 4.78 is 5.41. The number of aromatic amines is 1. The molecule has 1 heterocycles. The van der Waals surface area contributed by atoms with E-state index in [2.05, 4.69) is 10.2 Å². The first kappa shape index (κ1) is 9.75. The SMILES string of the molecule is N#Cc1cc(C#N)cc(Oc2cn[nH]c2)c1. The minimum absolute atomic E-state index is 0.387. The first-order valence-corrected chi connectivity index (χ1v) is 4.44. The van der Waals surface area contributed by atoms with E-state index in [0.29, 0.717) is 22.6 Å². The molecule has 0 unspecified atom stereocenters. The normalized spacial score (nSPS) is 9.12. The lowest BCUT2D eigenvalue weighted by molar-refractivity contribution is 0.482. The summed E-state index contributed by atoms with van der Waals surface area (Å²) in [6.45, 7) is 0. The molecule has 0 saturated heterocycles. The highest BCUT2D eigenvalue weighted by Gasteiger charge is 2.03. The summed E-state index contributed by atoms with van der Waals surface area (Å²) in [6.07, 6.45) is 3.08. The van der Waals surface area contributed by atoms with Crippen molar-refractivity contribution in [2.75, 3.05) is 0 Å². The number of aromatic nitrogens is 2. The highest BCUT2D eigenvalue weighted by atomic mass is 16.5. The number of H-pyrrole nitrogens is 1. The van der Waals surface area contributed by atoms with Crippen LogP contribution < -0.4 is 4.74 Å². The van der Waals surface area contributed by atoms with Gasteiger partial charge in [0.2, 0.25) is 0 Å². The average molecular weight is 210 g/mol. The molecule has 1 N–H and O–H groups in total. The van der Waals surface area contributed by atoms with E-state index in [4.69, 9.17) is 15.3 Å². The van der Waals surface area contributed by atoms with E-state index in [1.165, 1.54) is 12.3 Å². The van der Waals surface area contributed by atoms with Gasteiger partial charge in [0.25, 0.3) is 0 Å². The van der Waals surface area contributed by atoms with Gasteiger partial charge in [0, 0.05) is 0 Å². The zero-order valence-corrected chi connectivity index (χ0v) is 8.14. The van der Waals surface area contributed by atoms with Crippen molar-refractivity contribution in [1.82, 2.24) is 10.2 Å². The number of hydrogen-bond acceptors (Lipinski definition) is 4. The largest absolute Gasteiger partial charge is 0.454 e. The van der Waals surface area contributed by atoms with Crippen molar-refractivity contribution in [2.24, 2.45) is 0 Å². The Balaban J connectivity index is 2.35. The molecular formula is C11H6N4O. The standard InChI is InChI=1S/C11H6N4O/c12-4-8-1-9(5-13)3-10(2-8)16-11-6-14-15-7-11/h1-3,6-7H,(H,14,15). The van der Waals surface area contributed by atoms with Crippen molar-refractivity contribution < 1.29 is 4.74 Å². The number of hydrogen-bond donors (Lipinski definition) is 1. The lowest BCUT2D eigenvalue weighted by Crippen LogP contribution is -1.86. The molecule has 0 amide bonds. The van der Waals surface area contributed by atoms with Crippen molar-refractivity contribution >= 4 is 0 Å². The quantitative estimate of drug-likeness (QED) is 0.820. The molecule has 0 fully saturated rings. The highest BCUT2D eigenvalue weighted by molar-refractivity contribution is 5.46. The van der Waals surface area contributed by atoms with Gasteiger partial charge in [-0.25, -0.2) is 0 Å². The van der Waals surface area contributed by atoms with Crippen molar-refractivity contribution in [3.63, 3.8) is 0 Å². The Hall–Kier alpha value is -2.79. The van der Waals surface area contributed by atoms with Crippen molar-refractivity contribution in [3.8, 4) is 23.6 Å². The number of nitrogens with one attached hydrogen (secondary N) is 1. The van der Waals surface area contributed by atoms with E-state index in [1.807, 2.05) is 12.1 Å². The molecule has 0 radical (unpaired) electrons. The fourth-order valence-corrected chi connectivity index (χ4v) is 1.22. The molecule has 0 aliphatic rings. The fourth-order valence-electron chi connectivity index (χ4n) is 1.22. The lowest BCUT2D eigenvalue weighted by Gasteiger charge is -2.03. The maximum absolute atomic E-state index is 8.77. The topological polar surface area (TPSA) is 85.5 Å². The van der Waals surface area contributed by atoms with Gasteiger partial charge in [-0.15, -0.1) is 0 Å². The van der Waals surface area contributed by atoms with Crippen LogP contribution >= 0.6 is 0 Å². The summed E-state index contributed by atoms with van der Waals surface area (Å²) in [5.41, 5.74) is 0.773. The van der Waals surface area contributed by atoms with Crippen LogP contribution in [-0.4, -0.2) is 10.2 Å². The molecule has 5 heteroatoms. The second-order valence-electron chi connectivity index (χ2n) is 3.01. The Kier molecular flexibility index (Phi) is 2.53. The van der Waals surface area contributed by atoms with Crippen LogP contribution in [-0.2, 0) is 0 Å². The molecule has 0 saturated carbocycles. The number of ether oxygens (including phenoxy) is 1. The molecule has 2 rings (SSSR count). The van der Waals surface area contributed by atoms with Gasteiger partial charge in [-0.05, 0) is 18.2 Å². The van der Waals surface area contributed by atoms with Crippen LogP contribution in [0.1, 0.15) is 11.1 Å². The third-order valence-corrected chi connectivity index (χ3v) is 1.87. The predicted molar refractivity (Wildman–Crippen MR) is 54.5 cm³/mol. The van der Waals surface area contributed by atoms with Crippen LogP contribution in [0.4, 0.5) is 0 Å². The minimum atomic E-state index is 0.387. The second-order valence-corrected chi connectivity index (χ2v) is 3.01. The third kappa shape index (κ3) is 1.99. The van der Waals surface area contributed by atoms with Crippen LogP contribution in [0, 0.1) is 22.7 Å². The Morgan fingerprint density at radius 2 is 1.75 bits per heavy atom. The molecule has 16 heavy (non-hydrogen) atoms. The summed E-state index contributed by atoms with van der Waals surface area (Å²) in [7, 11) is 0. The number of rotatable bonds is 2. The number of nitriles is 2. The van der Waals surface area contributed by atoms with Gasteiger partial charge in [0.05, 0.1) is 35.7 Å². The maximum Gasteiger partial charge on any atom is 0.165 e. The first-order valence-electron chi connectivity index (χ1n) is 4.44. The summed E-state index contributed by atoms with van der Waals surface area (Å²) in [5, 5.41) is 23.9. The van der Waals surface area contributed by atoms with Gasteiger partial charge in [0.15, 0.2) is 5.75 Å². The monoisotopic (exact) mass is 210 g/mol. The van der Waals surface area contributed by atoms with Crippen molar-refractivity contribution in [3.05, 3.63) is 41.7 Å². The molecule has 0 atom stereocenters. The molecule has 0 spiro atoms. The highest BCUT2D eigenvalue weighted by Crippen LogP contribution is 2.22. The summed E-state index contributed by atoms with van der Waals surface area (Å²) in [5.74, 6) is 0.968. The van der Waals surface area contributed by atoms with Crippen LogP contribution in [0.15, 0.2) is 30.6 Å². The fraction of sp³-hybridized carbons (Fsp3) is 0. The maximum atomic E-state index is 8.77. The Morgan fingerprint density at radius 1 is 1.06 bits per heavy atom. The minimum Gasteiger partial charge on any atom is -0.454 e. The number of benzene rings is 1. The van der Waals surface area contributed by atoms with Crippen molar-refractivity contribution in [1.29, 1.82) is 10.5 Å². The van der Waals surface area contributed by atoms with E-state index in [-0.39, 0.29) is 0 Å². The molecule has 0 aliphatic heterocycles. The van der Waals surface area contributed by atoms with E-state index in [0.717, 1.165) is 0 Å². The molecular weight excluding hydrogens is 204 g/mol. The van der Waals surface area contributed by atoms with Gasteiger partial charge >= 0.3 is 0 Å². The molecule has 1 aromatic heterocycles. The summed E-state index contributed by atoms with van der Waals surface area (Å²) in [4.78, 5) is 0. The van der Waals surface area contributed by atoms with Gasteiger partial charge in [-0.3, -0.25) is 5.10 Å². The lowest BCUT2D eigenvalue weighted by atomic mass is 10.1. The van der Waals surface area contributed by atoms with Crippen LogP contribution in [0.25, 0.3) is 0 Å². The van der Waals surface area contributed by atoms with Crippen LogP contribution in [0.2, 0.25) is 0 Å². The number of nitrogens with zero attached hydrogens (tertiary/aromatic N) is 3. The van der Waals surface area contributed by atoms with E-state index in [9.17, 15) is 0 Å². The van der Waals surface area contributed by atoms with E-state index >= 15 is 0 Å². The van der Waals surface area contributed by atoms with Crippen molar-refractivity contribution in [2.45, 2.75) is 0 Å². The molecule has 2 aromatic rings. The van der Waals surface area contributed by atoms with Crippen LogP contribution in [0.3, 0.4) is 0 Å². The predicted octanol–water partition coefficient (Wildman–Crippen LogP) is 1.95. The third-order valence-electron chi connectivity index (χ3n) is 1.87. The van der Waals surface area contributed by atoms with Gasteiger partial charge in [-0.1, -0.05) is 0 Å². The molecule has 0 bridgehead atoms. The molecule has 1 aromatic carbocycles. The Morgan fingerprint density at radius 3 is 2.25 bits per heavy atom. The zero-order valence-electron chi connectivity index (χ0n) is 8.14. The van der Waals surface area contributed by atoms with Gasteiger partial charge in [0.1, 0.15) is 5.75 Å². The summed E-state index contributed by atoms with van der Waals surface area (Å²) in [6, 6.07) is 8.56. The molecule has 0 aliphatic carbocycles. The van der Waals surface area contributed by atoms with E-state index < -0.39 is 0 Å². The second kappa shape index (κ2) is 4.16. The van der Waals surface area contributed by atoms with E-state index in [1.54, 1.807) is 18.3 Å². The smallest absolute Gasteiger partial charge is 0.165 e. The Bertz CT molecular complexity index is 543. The first-order chi connectivity index (χ1) is 7.81. The average Bonchev–Trinajstić information content (AvgIpc) is 2.81. The molecule has 5 nitrogen and oxygen atoms in total. The van der Waals surface area contributed by atoms with Gasteiger partial charge < -0.3 is 4.74 Å². The van der Waals surface area contributed by atoms with Crippen LogP contribution in [0.5, 0.6) is 11.5 Å². The summed E-state index contributed by atoms with van der Waals surface area (Å²) >= 11 is 0. The zero-order chi connectivity index (χ0) is 11.4. The molecule has 76 valence electrons. The Labute approximate surface area is 91.5 Å². The van der Waals surface area contributed by atoms with Gasteiger partial charge in [-0.2, -0.15) is 15.6 Å².